The lowest BCUT2D eigenvalue weighted by Crippen LogP contribution is -2.40. The molecule has 0 aromatic carbocycles. The van der Waals surface area contributed by atoms with Gasteiger partial charge in [0.2, 0.25) is 5.91 Å². The van der Waals surface area contributed by atoms with E-state index in [0.29, 0.717) is 12.0 Å². The molecule has 0 spiro atoms. The molecule has 0 aromatic heterocycles. The average Bonchev–Trinajstić information content (AvgIpc) is 2.45. The summed E-state index contributed by atoms with van der Waals surface area (Å²) in [5, 5.41) is 0. The van der Waals surface area contributed by atoms with Crippen molar-refractivity contribution in [3.8, 4) is 0 Å². The number of hydrogen-bond acceptors (Lipinski definition) is 1. The van der Waals surface area contributed by atoms with Crippen LogP contribution >= 0.6 is 15.9 Å². The molecule has 1 heterocycles. The fourth-order valence-electron chi connectivity index (χ4n) is 2.13. The van der Waals surface area contributed by atoms with E-state index in [9.17, 15) is 4.79 Å². The number of alkyl halides is 1. The van der Waals surface area contributed by atoms with Gasteiger partial charge in [0, 0.05) is 12.6 Å². The molecule has 2 nitrogen and oxygen atoms in total. The highest BCUT2D eigenvalue weighted by Crippen LogP contribution is 2.27. The maximum atomic E-state index is 11.7. The van der Waals surface area contributed by atoms with E-state index in [2.05, 4.69) is 29.8 Å². The van der Waals surface area contributed by atoms with Crippen LogP contribution in [0.5, 0.6) is 0 Å². The molecule has 1 rings (SSSR count). The molecule has 1 aliphatic rings. The van der Waals surface area contributed by atoms with Crippen molar-refractivity contribution in [1.29, 1.82) is 0 Å². The van der Waals surface area contributed by atoms with E-state index >= 15 is 0 Å². The van der Waals surface area contributed by atoms with Gasteiger partial charge < -0.3 is 4.90 Å². The summed E-state index contributed by atoms with van der Waals surface area (Å²) in [7, 11) is 0. The van der Waals surface area contributed by atoms with Gasteiger partial charge in [0.05, 0.1) is 4.83 Å². The predicted molar refractivity (Wildman–Crippen MR) is 58.0 cm³/mol. The summed E-state index contributed by atoms with van der Waals surface area (Å²) in [6.45, 7) is 7.23. The van der Waals surface area contributed by atoms with Gasteiger partial charge in [0.25, 0.3) is 0 Å². The van der Waals surface area contributed by atoms with E-state index in [-0.39, 0.29) is 10.7 Å². The summed E-state index contributed by atoms with van der Waals surface area (Å²) < 4.78 is 0. The molecule has 3 heteroatoms. The van der Waals surface area contributed by atoms with Gasteiger partial charge in [-0.2, -0.15) is 0 Å². The molecule has 0 saturated carbocycles. The lowest BCUT2D eigenvalue weighted by Gasteiger charge is -2.26. The van der Waals surface area contributed by atoms with E-state index in [4.69, 9.17) is 0 Å². The molecule has 0 N–H and O–H groups in total. The second-order valence-electron chi connectivity index (χ2n) is 3.89. The van der Waals surface area contributed by atoms with E-state index < -0.39 is 0 Å². The Labute approximate surface area is 88.8 Å². The summed E-state index contributed by atoms with van der Waals surface area (Å²) in [5.74, 6) is 0.913. The Kier molecular flexibility index (Phi) is 3.77. The second kappa shape index (κ2) is 4.45. The minimum absolute atomic E-state index is 0.0353. The zero-order valence-corrected chi connectivity index (χ0v) is 10.2. The number of nitrogens with zero attached hydrogens (tertiary/aromatic N) is 1. The van der Waals surface area contributed by atoms with Crippen molar-refractivity contribution in [1.82, 2.24) is 4.90 Å². The van der Waals surface area contributed by atoms with Crippen LogP contribution in [0.4, 0.5) is 0 Å². The van der Waals surface area contributed by atoms with Crippen molar-refractivity contribution in [3.63, 3.8) is 0 Å². The van der Waals surface area contributed by atoms with Gasteiger partial charge in [0.15, 0.2) is 0 Å². The highest BCUT2D eigenvalue weighted by molar-refractivity contribution is 9.10. The number of carbonyl (C=O) groups is 1. The smallest absolute Gasteiger partial charge is 0.236 e. The molecule has 1 amide bonds. The van der Waals surface area contributed by atoms with Gasteiger partial charge in [-0.15, -0.1) is 0 Å². The van der Waals surface area contributed by atoms with Crippen LogP contribution in [-0.2, 0) is 4.79 Å². The predicted octanol–water partition coefficient (Wildman–Crippen LogP) is 2.42. The highest BCUT2D eigenvalue weighted by atomic mass is 79.9. The van der Waals surface area contributed by atoms with E-state index in [1.807, 2.05) is 11.8 Å². The lowest BCUT2D eigenvalue weighted by atomic mass is 10.0. The van der Waals surface area contributed by atoms with Gasteiger partial charge in [-0.3, -0.25) is 4.79 Å². The van der Waals surface area contributed by atoms with Gasteiger partial charge in [-0.05, 0) is 25.7 Å². The first-order chi connectivity index (χ1) is 6.07. The number of rotatable bonds is 2. The van der Waals surface area contributed by atoms with Crippen LogP contribution in [0.15, 0.2) is 0 Å². The van der Waals surface area contributed by atoms with Crippen molar-refractivity contribution >= 4 is 21.8 Å². The first-order valence-corrected chi connectivity index (χ1v) is 5.94. The maximum absolute atomic E-state index is 11.7. The van der Waals surface area contributed by atoms with Gasteiger partial charge in [0.1, 0.15) is 0 Å². The molecule has 0 aromatic rings. The summed E-state index contributed by atoms with van der Waals surface area (Å²) >= 11 is 3.34. The Balaban J connectivity index is 2.65. The van der Waals surface area contributed by atoms with Crippen molar-refractivity contribution in [3.05, 3.63) is 0 Å². The molecule has 1 saturated heterocycles. The average molecular weight is 248 g/mol. The fraction of sp³-hybridized carbons (Fsp3) is 0.900. The highest BCUT2D eigenvalue weighted by Gasteiger charge is 2.33. The number of amides is 1. The van der Waals surface area contributed by atoms with Crippen LogP contribution in [0.1, 0.15) is 33.6 Å². The van der Waals surface area contributed by atoms with E-state index in [0.717, 1.165) is 19.4 Å². The third kappa shape index (κ3) is 2.25. The monoisotopic (exact) mass is 247 g/mol. The van der Waals surface area contributed by atoms with E-state index in [1.165, 1.54) is 0 Å². The Morgan fingerprint density at radius 1 is 1.69 bits per heavy atom. The Morgan fingerprint density at radius 2 is 2.31 bits per heavy atom. The van der Waals surface area contributed by atoms with E-state index in [1.54, 1.807) is 0 Å². The van der Waals surface area contributed by atoms with Crippen LogP contribution in [0.3, 0.4) is 0 Å². The van der Waals surface area contributed by atoms with Crippen LogP contribution in [0.25, 0.3) is 0 Å². The minimum atomic E-state index is -0.0353. The summed E-state index contributed by atoms with van der Waals surface area (Å²) in [6, 6.07) is 0.465. The van der Waals surface area contributed by atoms with Crippen molar-refractivity contribution in [2.75, 3.05) is 6.54 Å². The van der Waals surface area contributed by atoms with Crippen LogP contribution in [-0.4, -0.2) is 28.2 Å². The molecule has 1 aliphatic heterocycles. The topological polar surface area (TPSA) is 20.3 Å². The zero-order valence-electron chi connectivity index (χ0n) is 8.59. The zero-order chi connectivity index (χ0) is 10.0. The molecule has 0 radical (unpaired) electrons. The number of likely N-dealkylation sites (tertiary alicyclic amines) is 1. The minimum Gasteiger partial charge on any atom is -0.338 e. The standard InChI is InChI=1S/C10H18BrNO/c1-4-9-7(2)5-6-12(9)10(13)8(3)11/h7-9H,4-6H2,1-3H3. The molecular formula is C10H18BrNO. The lowest BCUT2D eigenvalue weighted by molar-refractivity contribution is -0.131. The fourth-order valence-corrected chi connectivity index (χ4v) is 2.40. The molecule has 3 unspecified atom stereocenters. The van der Waals surface area contributed by atoms with Crippen molar-refractivity contribution < 1.29 is 4.79 Å². The van der Waals surface area contributed by atoms with Crippen LogP contribution < -0.4 is 0 Å². The number of carbonyl (C=O) groups excluding carboxylic acids is 1. The Bertz CT molecular complexity index is 193. The largest absolute Gasteiger partial charge is 0.338 e. The molecule has 1 fully saturated rings. The first kappa shape index (κ1) is 11.0. The third-order valence-electron chi connectivity index (χ3n) is 2.92. The van der Waals surface area contributed by atoms with Gasteiger partial charge in [-0.1, -0.05) is 29.8 Å². The third-order valence-corrected chi connectivity index (χ3v) is 3.32. The Morgan fingerprint density at radius 3 is 2.77 bits per heavy atom. The summed E-state index contributed by atoms with van der Waals surface area (Å²) in [4.78, 5) is 13.7. The van der Waals surface area contributed by atoms with Crippen molar-refractivity contribution in [2.45, 2.75) is 44.5 Å². The molecule has 0 bridgehead atoms. The molecule has 13 heavy (non-hydrogen) atoms. The van der Waals surface area contributed by atoms with Gasteiger partial charge >= 0.3 is 0 Å². The van der Waals surface area contributed by atoms with Gasteiger partial charge in [-0.25, -0.2) is 0 Å². The number of halogens is 1. The van der Waals surface area contributed by atoms with Crippen LogP contribution in [0.2, 0.25) is 0 Å². The maximum Gasteiger partial charge on any atom is 0.236 e. The summed E-state index contributed by atoms with van der Waals surface area (Å²) in [5.41, 5.74) is 0. The Hall–Kier alpha value is -0.0500. The molecular weight excluding hydrogens is 230 g/mol. The molecule has 0 aliphatic carbocycles. The summed E-state index contributed by atoms with van der Waals surface area (Å²) in [6.07, 6.45) is 2.23. The normalized spacial score (nSPS) is 30.6. The SMILES string of the molecule is CCC1C(C)CCN1C(=O)C(C)Br. The first-order valence-electron chi connectivity index (χ1n) is 5.02. The quantitative estimate of drug-likeness (QED) is 0.687. The molecule has 3 atom stereocenters. The second-order valence-corrected chi connectivity index (χ2v) is 5.26. The van der Waals surface area contributed by atoms with Crippen molar-refractivity contribution in [2.24, 2.45) is 5.92 Å². The number of hydrogen-bond donors (Lipinski definition) is 0. The molecule has 76 valence electrons. The van der Waals surface area contributed by atoms with Crippen LogP contribution in [0, 0.1) is 5.92 Å².